The number of hydrogen-bond donors (Lipinski definition) is 1. The minimum absolute atomic E-state index is 0.141. The van der Waals surface area contributed by atoms with Crippen molar-refractivity contribution in [3.8, 4) is 11.5 Å². The van der Waals surface area contributed by atoms with Crippen LogP contribution in [0.4, 0.5) is 10.1 Å². The maximum absolute atomic E-state index is 13.9. The second kappa shape index (κ2) is 8.78. The van der Waals surface area contributed by atoms with Crippen molar-refractivity contribution in [2.75, 3.05) is 20.8 Å². The molecule has 1 saturated heterocycles. The Balaban J connectivity index is 1.96. The zero-order chi connectivity index (χ0) is 21.0. The number of amides is 2. The molecule has 0 spiro atoms. The Bertz CT molecular complexity index is 1020. The highest BCUT2D eigenvalue weighted by Crippen LogP contribution is 2.37. The molecule has 3 rings (SSSR count). The Morgan fingerprint density at radius 2 is 2.03 bits per heavy atom. The van der Waals surface area contributed by atoms with Crippen LogP contribution >= 0.6 is 11.8 Å². The van der Waals surface area contributed by atoms with Gasteiger partial charge in [-0.2, -0.15) is 0 Å². The van der Waals surface area contributed by atoms with Gasteiger partial charge >= 0.3 is 0 Å². The molecule has 0 unspecified atom stereocenters. The standard InChI is InChI=1S/C20H18FN3O4S/c1-24-19(26)16(29-20(24)23-14-8-4-3-7-13(14)21)10-12-6-5-9-15(27-2)18(12)28-11-17(22)25/h3-10H,11H2,1-2H3,(H2,22,25)/b16-10+,23-20?. The summed E-state index contributed by atoms with van der Waals surface area (Å²) in [6.07, 6.45) is 1.60. The first-order chi connectivity index (χ1) is 13.9. The summed E-state index contributed by atoms with van der Waals surface area (Å²) in [4.78, 5) is 29.7. The molecule has 9 heteroatoms. The highest BCUT2D eigenvalue weighted by molar-refractivity contribution is 8.18. The summed E-state index contributed by atoms with van der Waals surface area (Å²) in [5.74, 6) is -0.732. The van der Waals surface area contributed by atoms with Crippen molar-refractivity contribution >= 4 is 40.5 Å². The number of para-hydroxylation sites is 2. The van der Waals surface area contributed by atoms with E-state index in [1.54, 1.807) is 43.5 Å². The molecule has 0 saturated carbocycles. The molecule has 7 nitrogen and oxygen atoms in total. The van der Waals surface area contributed by atoms with Crippen LogP contribution in [-0.4, -0.2) is 42.6 Å². The van der Waals surface area contributed by atoms with Gasteiger partial charge in [0.25, 0.3) is 11.8 Å². The number of aliphatic imine (C=N–C) groups is 1. The number of thioether (sulfide) groups is 1. The van der Waals surface area contributed by atoms with Crippen LogP contribution in [0.1, 0.15) is 5.56 Å². The van der Waals surface area contributed by atoms with Gasteiger partial charge in [0.15, 0.2) is 23.3 Å². The molecule has 2 aromatic rings. The van der Waals surface area contributed by atoms with Crippen molar-refractivity contribution in [2.24, 2.45) is 10.7 Å². The number of nitrogens with zero attached hydrogens (tertiary/aromatic N) is 2. The van der Waals surface area contributed by atoms with Gasteiger partial charge < -0.3 is 15.2 Å². The summed E-state index contributed by atoms with van der Waals surface area (Å²) < 4.78 is 24.6. The topological polar surface area (TPSA) is 94.2 Å². The van der Waals surface area contributed by atoms with Crippen molar-refractivity contribution in [2.45, 2.75) is 0 Å². The Labute approximate surface area is 171 Å². The lowest BCUT2D eigenvalue weighted by Gasteiger charge is -2.12. The SMILES string of the molecule is COc1cccc(/C=C2/SC(=Nc3ccccc3F)N(C)C2=O)c1OCC(N)=O. The van der Waals surface area contributed by atoms with Crippen LogP contribution in [0.15, 0.2) is 52.4 Å². The molecular weight excluding hydrogens is 397 g/mol. The maximum atomic E-state index is 13.9. The average molecular weight is 415 g/mol. The van der Waals surface area contributed by atoms with E-state index in [0.717, 1.165) is 11.8 Å². The van der Waals surface area contributed by atoms with E-state index in [9.17, 15) is 14.0 Å². The molecule has 0 bridgehead atoms. The fourth-order valence-electron chi connectivity index (χ4n) is 2.54. The zero-order valence-electron chi connectivity index (χ0n) is 15.7. The summed E-state index contributed by atoms with van der Waals surface area (Å²) in [7, 11) is 3.03. The third kappa shape index (κ3) is 4.57. The van der Waals surface area contributed by atoms with E-state index in [1.807, 2.05) is 0 Å². The van der Waals surface area contributed by atoms with Gasteiger partial charge in [-0.25, -0.2) is 9.38 Å². The largest absolute Gasteiger partial charge is 0.493 e. The van der Waals surface area contributed by atoms with E-state index in [0.29, 0.717) is 21.4 Å². The minimum Gasteiger partial charge on any atom is -0.493 e. The van der Waals surface area contributed by atoms with Gasteiger partial charge in [-0.15, -0.1) is 0 Å². The lowest BCUT2D eigenvalue weighted by atomic mass is 10.1. The van der Waals surface area contributed by atoms with Gasteiger partial charge in [0.1, 0.15) is 11.5 Å². The highest BCUT2D eigenvalue weighted by atomic mass is 32.2. The summed E-state index contributed by atoms with van der Waals surface area (Å²) >= 11 is 1.10. The first-order valence-corrected chi connectivity index (χ1v) is 9.31. The number of methoxy groups -OCH3 is 1. The molecule has 0 atom stereocenters. The van der Waals surface area contributed by atoms with Crippen LogP contribution in [0.5, 0.6) is 11.5 Å². The molecule has 0 aliphatic carbocycles. The number of primary amides is 1. The Hall–Kier alpha value is -3.33. The predicted octanol–water partition coefficient (Wildman–Crippen LogP) is 2.93. The number of benzene rings is 2. The lowest BCUT2D eigenvalue weighted by Crippen LogP contribution is -2.23. The number of rotatable bonds is 6. The zero-order valence-corrected chi connectivity index (χ0v) is 16.5. The van der Waals surface area contributed by atoms with Gasteiger partial charge in [0.2, 0.25) is 0 Å². The number of carbonyl (C=O) groups excluding carboxylic acids is 2. The molecule has 2 amide bonds. The van der Waals surface area contributed by atoms with E-state index < -0.39 is 11.7 Å². The number of likely N-dealkylation sites (N-methyl/N-ethyl adjacent to an activating group) is 1. The number of amidine groups is 1. The number of carbonyl (C=O) groups is 2. The molecule has 29 heavy (non-hydrogen) atoms. The van der Waals surface area contributed by atoms with Gasteiger partial charge in [-0.1, -0.05) is 24.3 Å². The minimum atomic E-state index is -0.639. The summed E-state index contributed by atoms with van der Waals surface area (Å²) in [5.41, 5.74) is 5.83. The normalized spacial score (nSPS) is 16.5. The average Bonchev–Trinajstić information content (AvgIpc) is 2.96. The Morgan fingerprint density at radius 3 is 2.72 bits per heavy atom. The second-order valence-corrected chi connectivity index (χ2v) is 6.96. The van der Waals surface area contributed by atoms with Crippen LogP contribution in [-0.2, 0) is 9.59 Å². The summed E-state index contributed by atoms with van der Waals surface area (Å²) in [6, 6.07) is 11.2. The van der Waals surface area contributed by atoms with Gasteiger partial charge in [0, 0.05) is 12.6 Å². The molecule has 0 aromatic heterocycles. The Kier molecular flexibility index (Phi) is 6.18. The van der Waals surface area contributed by atoms with Crippen LogP contribution in [0.3, 0.4) is 0 Å². The first kappa shape index (κ1) is 20.4. The molecule has 1 heterocycles. The van der Waals surface area contributed by atoms with Crippen molar-refractivity contribution in [3.63, 3.8) is 0 Å². The summed E-state index contributed by atoms with van der Waals surface area (Å²) in [5, 5.41) is 0.342. The monoisotopic (exact) mass is 415 g/mol. The van der Waals surface area contributed by atoms with E-state index >= 15 is 0 Å². The fraction of sp³-hybridized carbons (Fsp3) is 0.150. The van der Waals surface area contributed by atoms with Crippen molar-refractivity contribution in [1.29, 1.82) is 0 Å². The van der Waals surface area contributed by atoms with Crippen molar-refractivity contribution < 1.29 is 23.5 Å². The molecule has 150 valence electrons. The molecule has 2 aromatic carbocycles. The third-order valence-electron chi connectivity index (χ3n) is 3.95. The number of hydrogen-bond acceptors (Lipinski definition) is 6. The van der Waals surface area contributed by atoms with E-state index in [-0.39, 0.29) is 24.0 Å². The van der Waals surface area contributed by atoms with Crippen LogP contribution in [0, 0.1) is 5.82 Å². The van der Waals surface area contributed by atoms with Crippen LogP contribution in [0.2, 0.25) is 0 Å². The quantitative estimate of drug-likeness (QED) is 0.732. The van der Waals surface area contributed by atoms with Gasteiger partial charge in [-0.05, 0) is 36.0 Å². The summed E-state index contributed by atoms with van der Waals surface area (Å²) in [6.45, 7) is -0.336. The van der Waals surface area contributed by atoms with E-state index in [2.05, 4.69) is 4.99 Å². The van der Waals surface area contributed by atoms with Crippen molar-refractivity contribution in [3.05, 3.63) is 58.8 Å². The number of ether oxygens (including phenoxy) is 2. The van der Waals surface area contributed by atoms with Crippen molar-refractivity contribution in [1.82, 2.24) is 4.90 Å². The number of halogens is 1. The maximum Gasteiger partial charge on any atom is 0.266 e. The molecular formula is C20H18FN3O4S. The lowest BCUT2D eigenvalue weighted by molar-refractivity contribution is -0.121. The van der Waals surface area contributed by atoms with E-state index in [1.165, 1.54) is 24.1 Å². The third-order valence-corrected chi connectivity index (χ3v) is 5.01. The molecule has 1 fully saturated rings. The number of nitrogens with two attached hydrogens (primary N) is 1. The van der Waals surface area contributed by atoms with Gasteiger partial charge in [-0.3, -0.25) is 14.5 Å². The van der Waals surface area contributed by atoms with Gasteiger partial charge in [0.05, 0.1) is 12.0 Å². The fourth-order valence-corrected chi connectivity index (χ4v) is 3.51. The molecule has 2 N–H and O–H groups in total. The predicted molar refractivity (Wildman–Crippen MR) is 110 cm³/mol. The molecule has 1 aliphatic heterocycles. The first-order valence-electron chi connectivity index (χ1n) is 8.49. The highest BCUT2D eigenvalue weighted by Gasteiger charge is 2.31. The Morgan fingerprint density at radius 1 is 1.28 bits per heavy atom. The molecule has 1 aliphatic rings. The van der Waals surface area contributed by atoms with Crippen LogP contribution in [0.25, 0.3) is 6.08 Å². The second-order valence-electron chi connectivity index (χ2n) is 5.95. The smallest absolute Gasteiger partial charge is 0.266 e. The molecule has 0 radical (unpaired) electrons. The van der Waals surface area contributed by atoms with E-state index in [4.69, 9.17) is 15.2 Å². The van der Waals surface area contributed by atoms with Crippen LogP contribution < -0.4 is 15.2 Å².